The number of ether oxygens (including phenoxy) is 1. The van der Waals surface area contributed by atoms with Crippen LogP contribution in [0.4, 0.5) is 4.39 Å². The maximum Gasteiger partial charge on any atom is 0.289 e. The van der Waals surface area contributed by atoms with Gasteiger partial charge in [-0.05, 0) is 48.0 Å². The van der Waals surface area contributed by atoms with E-state index in [1.54, 1.807) is 31.4 Å². The summed E-state index contributed by atoms with van der Waals surface area (Å²) in [4.78, 5) is 12.1. The lowest BCUT2D eigenvalue weighted by Crippen LogP contribution is -2.18. The molecule has 6 nitrogen and oxygen atoms in total. The van der Waals surface area contributed by atoms with E-state index in [9.17, 15) is 9.18 Å². The number of nitrogens with one attached hydrogen (secondary N) is 2. The number of methoxy groups -OCH3 is 1. The number of carbonyl (C=O) groups is 1. The van der Waals surface area contributed by atoms with Crippen LogP contribution in [-0.4, -0.2) is 29.4 Å². The van der Waals surface area contributed by atoms with E-state index < -0.39 is 5.91 Å². The van der Waals surface area contributed by atoms with Crippen LogP contribution in [0, 0.1) is 5.82 Å². The Balaban J connectivity index is 1.65. The van der Waals surface area contributed by atoms with Crippen molar-refractivity contribution in [3.8, 4) is 17.0 Å². The third-order valence-electron chi connectivity index (χ3n) is 3.44. The third kappa shape index (κ3) is 4.08. The number of amides is 1. The van der Waals surface area contributed by atoms with Crippen molar-refractivity contribution in [3.63, 3.8) is 0 Å². The van der Waals surface area contributed by atoms with Gasteiger partial charge in [0.05, 0.1) is 19.0 Å². The largest absolute Gasteiger partial charge is 0.497 e. The molecule has 1 amide bonds. The van der Waals surface area contributed by atoms with Gasteiger partial charge in [0.1, 0.15) is 17.3 Å². The zero-order chi connectivity index (χ0) is 17.6. The molecule has 0 unspecified atom stereocenters. The summed E-state index contributed by atoms with van der Waals surface area (Å²) >= 11 is 0. The average Bonchev–Trinajstić information content (AvgIpc) is 3.12. The monoisotopic (exact) mass is 338 g/mol. The number of aromatic amines is 1. The van der Waals surface area contributed by atoms with E-state index >= 15 is 0 Å². The van der Waals surface area contributed by atoms with Crippen LogP contribution in [0.25, 0.3) is 11.3 Å². The molecular weight excluding hydrogens is 323 g/mol. The fourth-order valence-corrected chi connectivity index (χ4v) is 2.15. The Morgan fingerprint density at radius 2 is 2.04 bits per heavy atom. The number of hydrogen-bond donors (Lipinski definition) is 2. The molecule has 7 heteroatoms. The second kappa shape index (κ2) is 7.39. The Kier molecular flexibility index (Phi) is 4.84. The molecule has 126 valence electrons. The summed E-state index contributed by atoms with van der Waals surface area (Å²) < 4.78 is 18.1. The predicted octanol–water partition coefficient (Wildman–Crippen LogP) is 2.99. The SMILES string of the molecule is COc1cccc(C=NNC(=O)c2cc(-c3ccc(F)cc3)n[nH]2)c1. The Hall–Kier alpha value is -3.48. The van der Waals surface area contributed by atoms with Gasteiger partial charge in [0.15, 0.2) is 0 Å². The minimum atomic E-state index is -0.431. The average molecular weight is 338 g/mol. The molecule has 3 aromatic rings. The molecule has 2 aromatic carbocycles. The smallest absolute Gasteiger partial charge is 0.289 e. The fourth-order valence-electron chi connectivity index (χ4n) is 2.15. The minimum absolute atomic E-state index is 0.252. The molecule has 0 saturated heterocycles. The van der Waals surface area contributed by atoms with Crippen LogP contribution in [-0.2, 0) is 0 Å². The highest BCUT2D eigenvalue weighted by atomic mass is 19.1. The summed E-state index contributed by atoms with van der Waals surface area (Å²) in [5.74, 6) is -0.0584. The number of hydrogen-bond acceptors (Lipinski definition) is 4. The molecule has 25 heavy (non-hydrogen) atoms. The number of hydrazone groups is 1. The van der Waals surface area contributed by atoms with Crippen LogP contribution in [0.1, 0.15) is 16.1 Å². The van der Waals surface area contributed by atoms with Gasteiger partial charge in [-0.2, -0.15) is 10.2 Å². The van der Waals surface area contributed by atoms with E-state index in [0.29, 0.717) is 17.0 Å². The van der Waals surface area contributed by atoms with Crippen LogP contribution in [0.3, 0.4) is 0 Å². The first-order valence-electron chi connectivity index (χ1n) is 7.44. The number of benzene rings is 2. The topological polar surface area (TPSA) is 79.4 Å². The lowest BCUT2D eigenvalue weighted by Gasteiger charge is -2.00. The molecule has 0 aliphatic rings. The quantitative estimate of drug-likeness (QED) is 0.554. The summed E-state index contributed by atoms with van der Waals surface area (Å²) in [6.45, 7) is 0. The Bertz CT molecular complexity index is 903. The van der Waals surface area contributed by atoms with Crippen LogP contribution in [0.15, 0.2) is 59.7 Å². The van der Waals surface area contributed by atoms with E-state index in [1.165, 1.54) is 18.3 Å². The second-order valence-corrected chi connectivity index (χ2v) is 5.15. The minimum Gasteiger partial charge on any atom is -0.497 e. The zero-order valence-electron chi connectivity index (χ0n) is 13.4. The van der Waals surface area contributed by atoms with Crippen LogP contribution in [0.2, 0.25) is 0 Å². The summed E-state index contributed by atoms with van der Waals surface area (Å²) in [5, 5.41) is 10.6. The first-order chi connectivity index (χ1) is 12.2. The number of H-pyrrole nitrogens is 1. The van der Waals surface area contributed by atoms with Crippen LogP contribution >= 0.6 is 0 Å². The van der Waals surface area contributed by atoms with Crippen molar-refractivity contribution in [1.29, 1.82) is 0 Å². The summed E-state index contributed by atoms with van der Waals surface area (Å²) in [7, 11) is 1.58. The summed E-state index contributed by atoms with van der Waals surface area (Å²) in [5.41, 5.74) is 4.71. The van der Waals surface area contributed by atoms with Gasteiger partial charge >= 0.3 is 0 Å². The van der Waals surface area contributed by atoms with Crippen molar-refractivity contribution in [1.82, 2.24) is 15.6 Å². The predicted molar refractivity (Wildman–Crippen MR) is 92.0 cm³/mol. The van der Waals surface area contributed by atoms with Crippen molar-refractivity contribution in [3.05, 3.63) is 71.7 Å². The zero-order valence-corrected chi connectivity index (χ0v) is 13.4. The van der Waals surface area contributed by atoms with E-state index in [2.05, 4.69) is 20.7 Å². The standard InChI is InChI=1S/C18H15FN4O2/c1-25-15-4-2-3-12(9-15)11-20-23-18(24)17-10-16(21-22-17)13-5-7-14(19)8-6-13/h2-11H,1H3,(H,21,22)(H,23,24). The van der Waals surface area contributed by atoms with Crippen molar-refractivity contribution < 1.29 is 13.9 Å². The molecule has 0 aliphatic heterocycles. The highest BCUT2D eigenvalue weighted by Gasteiger charge is 2.10. The molecule has 1 aromatic heterocycles. The van der Waals surface area contributed by atoms with Gasteiger partial charge in [-0.3, -0.25) is 9.89 Å². The van der Waals surface area contributed by atoms with Gasteiger partial charge in [0.25, 0.3) is 5.91 Å². The molecule has 0 saturated carbocycles. The molecule has 0 fully saturated rings. The van der Waals surface area contributed by atoms with Gasteiger partial charge in [0, 0.05) is 5.56 Å². The first-order valence-corrected chi connectivity index (χ1v) is 7.44. The van der Waals surface area contributed by atoms with Gasteiger partial charge < -0.3 is 4.74 Å². The van der Waals surface area contributed by atoms with Crippen molar-refractivity contribution >= 4 is 12.1 Å². The van der Waals surface area contributed by atoms with Crippen LogP contribution < -0.4 is 10.2 Å². The number of carbonyl (C=O) groups excluding carboxylic acids is 1. The van der Waals surface area contributed by atoms with Gasteiger partial charge in [-0.15, -0.1) is 0 Å². The second-order valence-electron chi connectivity index (χ2n) is 5.15. The van der Waals surface area contributed by atoms with Crippen molar-refractivity contribution in [2.75, 3.05) is 7.11 Å². The molecule has 0 bridgehead atoms. The Labute approximate surface area is 143 Å². The van der Waals surface area contributed by atoms with Crippen LogP contribution in [0.5, 0.6) is 5.75 Å². The lowest BCUT2D eigenvalue weighted by atomic mass is 10.1. The molecule has 0 atom stereocenters. The Morgan fingerprint density at radius 1 is 1.24 bits per heavy atom. The molecule has 2 N–H and O–H groups in total. The Morgan fingerprint density at radius 3 is 2.80 bits per heavy atom. The highest BCUT2D eigenvalue weighted by molar-refractivity contribution is 5.94. The summed E-state index contributed by atoms with van der Waals surface area (Å²) in [6, 6.07) is 14.7. The normalized spacial score (nSPS) is 10.8. The number of aromatic nitrogens is 2. The van der Waals surface area contributed by atoms with E-state index in [-0.39, 0.29) is 11.5 Å². The molecule has 0 aliphatic carbocycles. The maximum absolute atomic E-state index is 12.9. The van der Waals surface area contributed by atoms with E-state index in [4.69, 9.17) is 4.74 Å². The van der Waals surface area contributed by atoms with Gasteiger partial charge in [0.2, 0.25) is 0 Å². The molecular formula is C18H15FN4O2. The first kappa shape index (κ1) is 16.4. The number of nitrogens with zero attached hydrogens (tertiary/aromatic N) is 2. The maximum atomic E-state index is 12.9. The van der Waals surface area contributed by atoms with Crippen molar-refractivity contribution in [2.24, 2.45) is 5.10 Å². The van der Waals surface area contributed by atoms with E-state index in [1.807, 2.05) is 18.2 Å². The third-order valence-corrected chi connectivity index (χ3v) is 3.44. The molecule has 3 rings (SSSR count). The van der Waals surface area contributed by atoms with Gasteiger partial charge in [-0.1, -0.05) is 12.1 Å². The number of rotatable bonds is 5. The number of halogens is 1. The lowest BCUT2D eigenvalue weighted by molar-refractivity contribution is 0.0950. The fraction of sp³-hybridized carbons (Fsp3) is 0.0556. The molecule has 0 radical (unpaired) electrons. The summed E-state index contributed by atoms with van der Waals surface area (Å²) in [6.07, 6.45) is 1.51. The van der Waals surface area contributed by atoms with Crippen molar-refractivity contribution in [2.45, 2.75) is 0 Å². The van der Waals surface area contributed by atoms with Gasteiger partial charge in [-0.25, -0.2) is 9.82 Å². The highest BCUT2D eigenvalue weighted by Crippen LogP contribution is 2.18. The van der Waals surface area contributed by atoms with E-state index in [0.717, 1.165) is 5.56 Å². The molecule has 0 spiro atoms. The molecule has 1 heterocycles.